The third-order valence-electron chi connectivity index (χ3n) is 4.23. The molecule has 146 valence electrons. The standard InChI is InChI=1S/C18H18ClN5O3S/c19-16-13(5-1-7-20-16)21-15(25)11-28-18-23-22-17(14-6-3-9-27-14)24(18)10-12-4-2-8-26-12/h1,3,5-7,9,12H,2,4,8,10-11H2,(H,21,25). The monoisotopic (exact) mass is 419 g/mol. The summed E-state index contributed by atoms with van der Waals surface area (Å²) < 4.78 is 13.2. The average molecular weight is 420 g/mol. The van der Waals surface area contributed by atoms with Crippen molar-refractivity contribution in [3.8, 4) is 11.6 Å². The first kappa shape index (κ1) is 19.0. The van der Waals surface area contributed by atoms with Crippen LogP contribution in [0.4, 0.5) is 5.69 Å². The van der Waals surface area contributed by atoms with Crippen molar-refractivity contribution in [1.82, 2.24) is 19.7 Å². The van der Waals surface area contributed by atoms with Crippen LogP contribution in [-0.2, 0) is 16.1 Å². The first-order valence-corrected chi connectivity index (χ1v) is 10.2. The summed E-state index contributed by atoms with van der Waals surface area (Å²) >= 11 is 7.28. The Labute approximate surface area is 170 Å². The van der Waals surface area contributed by atoms with Crippen LogP contribution in [-0.4, -0.2) is 44.1 Å². The van der Waals surface area contributed by atoms with E-state index in [0.29, 0.717) is 29.0 Å². The first-order chi connectivity index (χ1) is 13.7. The lowest BCUT2D eigenvalue weighted by atomic mass is 10.2. The van der Waals surface area contributed by atoms with Crippen molar-refractivity contribution in [3.63, 3.8) is 0 Å². The molecule has 0 radical (unpaired) electrons. The summed E-state index contributed by atoms with van der Waals surface area (Å²) in [5, 5.41) is 12.1. The fraction of sp³-hybridized carbons (Fsp3) is 0.333. The highest BCUT2D eigenvalue weighted by molar-refractivity contribution is 7.99. The summed E-state index contributed by atoms with van der Waals surface area (Å²) in [7, 11) is 0. The average Bonchev–Trinajstić information content (AvgIpc) is 3.44. The van der Waals surface area contributed by atoms with Crippen molar-refractivity contribution in [2.75, 3.05) is 17.7 Å². The number of amides is 1. The Kier molecular flexibility index (Phi) is 5.94. The Morgan fingerprint density at radius 3 is 3.04 bits per heavy atom. The number of hydrogen-bond acceptors (Lipinski definition) is 7. The largest absolute Gasteiger partial charge is 0.461 e. The molecular formula is C18H18ClN5O3S. The molecule has 3 aromatic heterocycles. The zero-order valence-electron chi connectivity index (χ0n) is 14.9. The lowest BCUT2D eigenvalue weighted by Gasteiger charge is -2.14. The number of nitrogens with zero attached hydrogens (tertiary/aromatic N) is 4. The van der Waals surface area contributed by atoms with Crippen LogP contribution < -0.4 is 5.32 Å². The molecule has 1 unspecified atom stereocenters. The molecule has 10 heteroatoms. The summed E-state index contributed by atoms with van der Waals surface area (Å²) in [6, 6.07) is 7.05. The molecule has 1 atom stereocenters. The molecule has 28 heavy (non-hydrogen) atoms. The maximum Gasteiger partial charge on any atom is 0.234 e. The second-order valence-corrected chi connectivity index (χ2v) is 7.51. The van der Waals surface area contributed by atoms with Gasteiger partial charge in [-0.25, -0.2) is 4.98 Å². The summed E-state index contributed by atoms with van der Waals surface area (Å²) in [4.78, 5) is 16.3. The van der Waals surface area contributed by atoms with Crippen molar-refractivity contribution < 1.29 is 13.9 Å². The van der Waals surface area contributed by atoms with Crippen molar-refractivity contribution in [1.29, 1.82) is 0 Å². The Bertz CT molecular complexity index is 941. The van der Waals surface area contributed by atoms with E-state index in [0.717, 1.165) is 19.4 Å². The number of rotatable bonds is 7. The van der Waals surface area contributed by atoms with E-state index in [-0.39, 0.29) is 22.9 Å². The fourth-order valence-corrected chi connectivity index (χ4v) is 3.85. The van der Waals surface area contributed by atoms with Gasteiger partial charge in [-0.2, -0.15) is 0 Å². The van der Waals surface area contributed by atoms with Crippen LogP contribution in [0.25, 0.3) is 11.6 Å². The maximum atomic E-state index is 12.3. The van der Waals surface area contributed by atoms with Crippen molar-refractivity contribution in [3.05, 3.63) is 41.9 Å². The molecule has 0 aliphatic carbocycles. The molecule has 1 fully saturated rings. The number of carbonyl (C=O) groups excluding carboxylic acids is 1. The van der Waals surface area contributed by atoms with E-state index < -0.39 is 0 Å². The minimum Gasteiger partial charge on any atom is -0.461 e. The highest BCUT2D eigenvalue weighted by atomic mass is 35.5. The van der Waals surface area contributed by atoms with E-state index in [1.807, 2.05) is 10.6 Å². The first-order valence-electron chi connectivity index (χ1n) is 8.82. The third kappa shape index (κ3) is 4.37. The zero-order chi connectivity index (χ0) is 19.3. The van der Waals surface area contributed by atoms with E-state index in [2.05, 4.69) is 20.5 Å². The summed E-state index contributed by atoms with van der Waals surface area (Å²) in [5.74, 6) is 1.21. The predicted molar refractivity (Wildman–Crippen MR) is 105 cm³/mol. The molecule has 0 aromatic carbocycles. The smallest absolute Gasteiger partial charge is 0.234 e. The molecule has 4 rings (SSSR count). The number of thioether (sulfide) groups is 1. The van der Waals surface area contributed by atoms with Gasteiger partial charge in [0, 0.05) is 12.8 Å². The third-order valence-corrected chi connectivity index (χ3v) is 5.50. The van der Waals surface area contributed by atoms with Crippen molar-refractivity contribution >= 4 is 35.0 Å². The molecule has 4 heterocycles. The van der Waals surface area contributed by atoms with Gasteiger partial charge in [0.2, 0.25) is 11.7 Å². The van der Waals surface area contributed by atoms with Crippen LogP contribution in [0.1, 0.15) is 12.8 Å². The molecule has 0 saturated carbocycles. The van der Waals surface area contributed by atoms with E-state index in [4.69, 9.17) is 20.8 Å². The van der Waals surface area contributed by atoms with Crippen LogP contribution in [0.15, 0.2) is 46.3 Å². The predicted octanol–water partition coefficient (Wildman–Crippen LogP) is 3.50. The molecule has 3 aromatic rings. The van der Waals surface area contributed by atoms with E-state index in [9.17, 15) is 4.79 Å². The van der Waals surface area contributed by atoms with Crippen LogP contribution in [0.2, 0.25) is 5.15 Å². The topological polar surface area (TPSA) is 95.1 Å². The van der Waals surface area contributed by atoms with Crippen LogP contribution >= 0.6 is 23.4 Å². The van der Waals surface area contributed by atoms with Crippen LogP contribution in [0.3, 0.4) is 0 Å². The number of pyridine rings is 1. The van der Waals surface area contributed by atoms with Crippen LogP contribution in [0, 0.1) is 0 Å². The molecule has 8 nitrogen and oxygen atoms in total. The minimum absolute atomic E-state index is 0.104. The van der Waals surface area contributed by atoms with E-state index in [1.54, 1.807) is 30.7 Å². The number of halogens is 1. The highest BCUT2D eigenvalue weighted by Gasteiger charge is 2.23. The number of hydrogen-bond donors (Lipinski definition) is 1. The lowest BCUT2D eigenvalue weighted by Crippen LogP contribution is -2.18. The molecule has 0 spiro atoms. The highest BCUT2D eigenvalue weighted by Crippen LogP contribution is 2.27. The second-order valence-electron chi connectivity index (χ2n) is 6.21. The van der Waals surface area contributed by atoms with E-state index >= 15 is 0 Å². The molecule has 0 bridgehead atoms. The normalized spacial score (nSPS) is 16.4. The number of ether oxygens (including phenoxy) is 1. The van der Waals surface area contributed by atoms with Gasteiger partial charge < -0.3 is 14.5 Å². The molecular weight excluding hydrogens is 402 g/mol. The second kappa shape index (κ2) is 8.76. The van der Waals surface area contributed by atoms with Gasteiger partial charge in [-0.15, -0.1) is 10.2 Å². The summed E-state index contributed by atoms with van der Waals surface area (Å²) in [6.07, 6.45) is 5.29. The van der Waals surface area contributed by atoms with Gasteiger partial charge in [-0.1, -0.05) is 23.4 Å². The molecule has 1 saturated heterocycles. The summed E-state index contributed by atoms with van der Waals surface area (Å²) in [5.41, 5.74) is 0.479. The number of anilines is 1. The van der Waals surface area contributed by atoms with Gasteiger partial charge in [-0.3, -0.25) is 9.36 Å². The fourth-order valence-electron chi connectivity index (χ4n) is 2.94. The summed E-state index contributed by atoms with van der Waals surface area (Å²) in [6.45, 7) is 1.38. The zero-order valence-corrected chi connectivity index (χ0v) is 16.4. The quantitative estimate of drug-likeness (QED) is 0.462. The SMILES string of the molecule is O=C(CSc1nnc(-c2ccco2)n1CC1CCCO1)Nc1cccnc1Cl. The molecule has 1 aliphatic heterocycles. The van der Waals surface area contributed by atoms with Gasteiger partial charge >= 0.3 is 0 Å². The Morgan fingerprint density at radius 2 is 2.29 bits per heavy atom. The van der Waals surface area contributed by atoms with Gasteiger partial charge in [0.1, 0.15) is 0 Å². The lowest BCUT2D eigenvalue weighted by molar-refractivity contribution is -0.113. The number of carbonyl (C=O) groups is 1. The Balaban J connectivity index is 1.47. The van der Waals surface area contributed by atoms with Gasteiger partial charge in [0.15, 0.2) is 16.1 Å². The van der Waals surface area contributed by atoms with Gasteiger partial charge in [0.25, 0.3) is 0 Å². The van der Waals surface area contributed by atoms with Crippen LogP contribution in [0.5, 0.6) is 0 Å². The van der Waals surface area contributed by atoms with Crippen molar-refractivity contribution in [2.45, 2.75) is 30.6 Å². The van der Waals surface area contributed by atoms with E-state index in [1.165, 1.54) is 11.8 Å². The van der Waals surface area contributed by atoms with Gasteiger partial charge in [-0.05, 0) is 37.1 Å². The minimum atomic E-state index is -0.203. The van der Waals surface area contributed by atoms with Crippen molar-refractivity contribution in [2.24, 2.45) is 0 Å². The Hall–Kier alpha value is -2.36. The molecule has 1 amide bonds. The maximum absolute atomic E-state index is 12.3. The molecule has 1 aliphatic rings. The Morgan fingerprint density at radius 1 is 1.36 bits per heavy atom. The number of nitrogens with one attached hydrogen (secondary N) is 1. The van der Waals surface area contributed by atoms with Gasteiger partial charge in [0.05, 0.1) is 30.4 Å². The number of furan rings is 1. The number of aromatic nitrogens is 4. The molecule has 1 N–H and O–H groups in total.